The van der Waals surface area contributed by atoms with Crippen molar-refractivity contribution >= 4 is 5.78 Å². The van der Waals surface area contributed by atoms with E-state index in [0.29, 0.717) is 0 Å². The average Bonchev–Trinajstić information content (AvgIpc) is 2.75. The van der Waals surface area contributed by atoms with Crippen LogP contribution in [0.3, 0.4) is 0 Å². The van der Waals surface area contributed by atoms with Gasteiger partial charge < -0.3 is 9.67 Å². The van der Waals surface area contributed by atoms with Gasteiger partial charge in [0.1, 0.15) is 5.69 Å². The molecule has 0 saturated heterocycles. The number of aliphatic hydroxyl groups excluding tert-OH is 1. The van der Waals surface area contributed by atoms with Crippen LogP contribution in [-0.2, 0) is 31.9 Å². The van der Waals surface area contributed by atoms with Crippen LogP contribution in [0.5, 0.6) is 0 Å². The number of hydrogen-bond acceptors (Lipinski definition) is 4. The molecule has 0 aliphatic rings. The molecule has 0 atom stereocenters. The summed E-state index contributed by atoms with van der Waals surface area (Å²) in [5, 5.41) is 8.36. The van der Waals surface area contributed by atoms with Crippen LogP contribution in [0.15, 0.2) is 48.6 Å². The molecule has 0 aliphatic heterocycles. The summed E-state index contributed by atoms with van der Waals surface area (Å²) >= 11 is 0. The Morgan fingerprint density at radius 1 is 1.25 bits per heavy atom. The molecule has 0 spiro atoms. The van der Waals surface area contributed by atoms with Crippen LogP contribution in [0, 0.1) is 0 Å². The molecule has 109 valence electrons. The maximum absolute atomic E-state index is 10.0. The average molecular weight is 452 g/mol. The maximum Gasteiger partial charge on any atom is 0.158 e. The minimum atomic E-state index is -0.125. The second-order valence-electron chi connectivity index (χ2n) is 3.97. The molecule has 0 amide bonds. The maximum atomic E-state index is 10.0. The monoisotopic (exact) mass is 452 g/mol. The Kier molecular flexibility index (Phi) is 8.36. The predicted molar refractivity (Wildman–Crippen MR) is 73.5 cm³/mol. The number of aromatic nitrogens is 3. The molecule has 1 radical (unpaired) electrons. The van der Waals surface area contributed by atoms with Crippen molar-refractivity contribution in [3.8, 4) is 11.5 Å². The van der Waals surface area contributed by atoms with E-state index >= 15 is 0 Å². The Morgan fingerprint density at radius 2 is 1.95 bits per heavy atom. The minimum absolute atomic E-state index is 0. The summed E-state index contributed by atoms with van der Waals surface area (Å²) in [6, 6.07) is 5.80. The van der Waals surface area contributed by atoms with Crippen molar-refractivity contribution in [1.29, 1.82) is 0 Å². The van der Waals surface area contributed by atoms with Gasteiger partial charge in [-0.05, 0) is 26.0 Å². The Balaban J connectivity index is 0.000000396. The molecule has 0 bridgehead atoms. The van der Waals surface area contributed by atoms with Gasteiger partial charge in [0.2, 0.25) is 0 Å². The van der Waals surface area contributed by atoms with E-state index in [1.165, 1.54) is 19.9 Å². The van der Waals surface area contributed by atoms with Gasteiger partial charge in [0.05, 0.1) is 5.76 Å². The Labute approximate surface area is 131 Å². The van der Waals surface area contributed by atoms with Gasteiger partial charge in [0.25, 0.3) is 0 Å². The summed E-state index contributed by atoms with van der Waals surface area (Å²) in [7, 11) is 1.96. The fourth-order valence-electron chi connectivity index (χ4n) is 1.40. The molecule has 0 aromatic carbocycles. The largest absolute Gasteiger partial charge is 0.512 e. The van der Waals surface area contributed by atoms with Crippen molar-refractivity contribution in [1.82, 2.24) is 14.5 Å². The number of ketones is 1. The quantitative estimate of drug-likeness (QED) is 0.563. The number of aliphatic hydroxyl groups is 1. The zero-order valence-electron chi connectivity index (χ0n) is 11.6. The van der Waals surface area contributed by atoms with Crippen LogP contribution in [0.25, 0.3) is 11.5 Å². The van der Waals surface area contributed by atoms with Gasteiger partial charge in [-0.25, -0.2) is 4.98 Å². The van der Waals surface area contributed by atoms with Crippen LogP contribution in [0.4, 0.5) is 0 Å². The van der Waals surface area contributed by atoms with Crippen LogP contribution >= 0.6 is 0 Å². The van der Waals surface area contributed by atoms with E-state index in [1.807, 2.05) is 36.0 Å². The first-order valence-corrected chi connectivity index (χ1v) is 5.77. The number of aryl methyl sites for hydroxylation is 1. The predicted octanol–water partition coefficient (Wildman–Crippen LogP) is 2.52. The topological polar surface area (TPSA) is 68.0 Å². The molecule has 2 aromatic heterocycles. The molecule has 1 N–H and O–H groups in total. The van der Waals surface area contributed by atoms with E-state index in [2.05, 4.69) is 9.97 Å². The number of nitrogens with zero attached hydrogens (tertiary/aromatic N) is 3. The van der Waals surface area contributed by atoms with Crippen LogP contribution in [0.1, 0.15) is 13.8 Å². The first kappa shape index (κ1) is 18.2. The Hall–Kier alpha value is -1.78. The van der Waals surface area contributed by atoms with Crippen molar-refractivity contribution in [3.05, 3.63) is 48.6 Å². The van der Waals surface area contributed by atoms with Gasteiger partial charge in [0, 0.05) is 51.8 Å². The molecule has 2 heterocycles. The SMILES string of the molecule is CC(=O)/C=C(/C)O.Cn1ccnc1-c1ccccn1.[Ir]. The molecule has 2 aromatic rings. The number of carbonyl (C=O) groups excluding carboxylic acids is 1. The van der Waals surface area contributed by atoms with Gasteiger partial charge in [-0.15, -0.1) is 0 Å². The first-order chi connectivity index (χ1) is 9.00. The minimum Gasteiger partial charge on any atom is -0.512 e. The second-order valence-corrected chi connectivity index (χ2v) is 3.97. The summed E-state index contributed by atoms with van der Waals surface area (Å²) < 4.78 is 1.95. The van der Waals surface area contributed by atoms with E-state index in [9.17, 15) is 4.79 Å². The van der Waals surface area contributed by atoms with Gasteiger partial charge in [-0.1, -0.05) is 6.07 Å². The smallest absolute Gasteiger partial charge is 0.158 e. The van der Waals surface area contributed by atoms with E-state index in [-0.39, 0.29) is 31.6 Å². The standard InChI is InChI=1S/C9H9N3.C5H8O2.Ir/c1-12-7-6-11-9(12)8-4-2-3-5-10-8;1-4(6)3-5(2)7;/h2-7H,1H3;3,6H,1-2H3;/b;4-3-;. The Bertz CT molecular complexity index is 561. The summed E-state index contributed by atoms with van der Waals surface area (Å²) in [4.78, 5) is 18.4. The molecule has 20 heavy (non-hydrogen) atoms. The van der Waals surface area contributed by atoms with Gasteiger partial charge in [-0.2, -0.15) is 0 Å². The molecular weight excluding hydrogens is 434 g/mol. The third-order valence-electron chi connectivity index (χ3n) is 2.13. The fourth-order valence-corrected chi connectivity index (χ4v) is 1.40. The summed E-state index contributed by atoms with van der Waals surface area (Å²) in [5.41, 5.74) is 0.907. The van der Waals surface area contributed by atoms with Crippen molar-refractivity contribution in [3.63, 3.8) is 0 Å². The normalized spacial score (nSPS) is 10.1. The summed E-state index contributed by atoms with van der Waals surface area (Å²) in [6.45, 7) is 2.85. The molecule has 0 saturated carbocycles. The second kappa shape index (κ2) is 9.18. The number of pyridine rings is 1. The fraction of sp³-hybridized carbons (Fsp3) is 0.214. The number of rotatable bonds is 2. The van der Waals surface area contributed by atoms with Gasteiger partial charge >= 0.3 is 0 Å². The zero-order chi connectivity index (χ0) is 14.3. The zero-order valence-corrected chi connectivity index (χ0v) is 14.0. The van der Waals surface area contributed by atoms with E-state index in [0.717, 1.165) is 11.5 Å². The van der Waals surface area contributed by atoms with Crippen molar-refractivity contribution < 1.29 is 30.0 Å². The third kappa shape index (κ3) is 6.40. The number of allylic oxidation sites excluding steroid dienone is 2. The van der Waals surface area contributed by atoms with E-state index in [4.69, 9.17) is 5.11 Å². The molecule has 0 unspecified atom stereocenters. The molecule has 0 fully saturated rings. The molecule has 6 heteroatoms. The summed E-state index contributed by atoms with van der Waals surface area (Å²) in [5.74, 6) is 0.836. The van der Waals surface area contributed by atoms with Crippen molar-refractivity contribution in [2.75, 3.05) is 0 Å². The number of imidazole rings is 1. The number of carbonyl (C=O) groups is 1. The molecule has 2 rings (SSSR count). The van der Waals surface area contributed by atoms with E-state index < -0.39 is 0 Å². The third-order valence-corrected chi connectivity index (χ3v) is 2.13. The van der Waals surface area contributed by atoms with Gasteiger partial charge in [-0.3, -0.25) is 9.78 Å². The van der Waals surface area contributed by atoms with Crippen molar-refractivity contribution in [2.45, 2.75) is 13.8 Å². The van der Waals surface area contributed by atoms with Crippen LogP contribution in [-0.4, -0.2) is 25.4 Å². The first-order valence-electron chi connectivity index (χ1n) is 5.77. The summed E-state index contributed by atoms with van der Waals surface area (Å²) in [6.07, 6.45) is 6.61. The van der Waals surface area contributed by atoms with Crippen molar-refractivity contribution in [2.24, 2.45) is 7.05 Å². The molecule has 0 aliphatic carbocycles. The van der Waals surface area contributed by atoms with Crippen LogP contribution in [0.2, 0.25) is 0 Å². The number of hydrogen-bond donors (Lipinski definition) is 1. The molecule has 5 nitrogen and oxygen atoms in total. The Morgan fingerprint density at radius 3 is 2.30 bits per heavy atom. The van der Waals surface area contributed by atoms with Gasteiger partial charge in [0.15, 0.2) is 11.6 Å². The van der Waals surface area contributed by atoms with Crippen LogP contribution < -0.4 is 0 Å². The van der Waals surface area contributed by atoms with E-state index in [1.54, 1.807) is 12.4 Å². The molecular formula is C14H17IrN3O2.